The van der Waals surface area contributed by atoms with Gasteiger partial charge in [-0.05, 0) is 56.0 Å². The Bertz CT molecular complexity index is 800. The summed E-state index contributed by atoms with van der Waals surface area (Å²) in [5.74, 6) is 0.924. The number of carbonyl (C=O) groups excluding carboxylic acids is 1. The first-order valence-electron chi connectivity index (χ1n) is 10.1. The Kier molecular flexibility index (Phi) is 5.93. The molecule has 2 heterocycles. The first-order valence-corrected chi connectivity index (χ1v) is 10.1. The molecule has 2 aliphatic rings. The fourth-order valence-electron chi connectivity index (χ4n) is 4.35. The van der Waals surface area contributed by atoms with Gasteiger partial charge in [0, 0.05) is 30.5 Å². The molecule has 1 amide bonds. The van der Waals surface area contributed by atoms with E-state index in [2.05, 4.69) is 10.2 Å². The molecule has 5 nitrogen and oxygen atoms in total. The molecular weight excluding hydrogens is 352 g/mol. The largest absolute Gasteiger partial charge is 0.497 e. The lowest BCUT2D eigenvalue weighted by atomic mass is 10.0. The van der Waals surface area contributed by atoms with E-state index in [0.29, 0.717) is 6.04 Å². The number of amides is 1. The maximum Gasteiger partial charge on any atom is 0.241 e. The average Bonchev–Trinajstić information content (AvgIpc) is 3.25. The van der Waals surface area contributed by atoms with E-state index in [-0.39, 0.29) is 11.9 Å². The molecule has 2 aromatic carbocycles. The highest BCUT2D eigenvalue weighted by Crippen LogP contribution is 2.31. The van der Waals surface area contributed by atoms with Crippen LogP contribution in [0.15, 0.2) is 48.5 Å². The molecule has 2 aliphatic heterocycles. The van der Waals surface area contributed by atoms with E-state index in [1.54, 1.807) is 7.11 Å². The highest BCUT2D eigenvalue weighted by Gasteiger charge is 2.36. The number of carbonyl (C=O) groups is 1. The minimum atomic E-state index is -0.0491. The third kappa shape index (κ3) is 4.05. The van der Waals surface area contributed by atoms with Crippen LogP contribution in [0.5, 0.6) is 5.75 Å². The number of rotatable bonds is 5. The second-order valence-electron chi connectivity index (χ2n) is 7.50. The molecule has 0 aromatic heterocycles. The van der Waals surface area contributed by atoms with Crippen molar-refractivity contribution in [1.82, 2.24) is 4.90 Å². The molecule has 0 bridgehead atoms. The van der Waals surface area contributed by atoms with E-state index >= 15 is 0 Å². The Morgan fingerprint density at radius 1 is 1.07 bits per heavy atom. The fourth-order valence-corrected chi connectivity index (χ4v) is 4.35. The van der Waals surface area contributed by atoms with E-state index < -0.39 is 0 Å². The van der Waals surface area contributed by atoms with Gasteiger partial charge in [0.25, 0.3) is 0 Å². The van der Waals surface area contributed by atoms with Gasteiger partial charge in [-0.25, -0.2) is 0 Å². The van der Waals surface area contributed by atoms with Crippen molar-refractivity contribution < 1.29 is 14.3 Å². The molecule has 2 fully saturated rings. The maximum absolute atomic E-state index is 13.1. The lowest BCUT2D eigenvalue weighted by Gasteiger charge is -2.34. The number of para-hydroxylation sites is 1. The summed E-state index contributed by atoms with van der Waals surface area (Å²) in [6.45, 7) is 2.61. The summed E-state index contributed by atoms with van der Waals surface area (Å²) in [5.41, 5.74) is 2.94. The van der Waals surface area contributed by atoms with Crippen LogP contribution in [0.2, 0.25) is 0 Å². The van der Waals surface area contributed by atoms with Gasteiger partial charge in [-0.3, -0.25) is 9.69 Å². The van der Waals surface area contributed by atoms with Gasteiger partial charge in [0.05, 0.1) is 13.2 Å². The van der Waals surface area contributed by atoms with Crippen molar-refractivity contribution in [2.75, 3.05) is 32.2 Å². The van der Waals surface area contributed by atoms with Gasteiger partial charge >= 0.3 is 0 Å². The molecule has 28 heavy (non-hydrogen) atoms. The molecule has 4 rings (SSSR count). The third-order valence-corrected chi connectivity index (χ3v) is 5.84. The minimum Gasteiger partial charge on any atom is -0.497 e. The van der Waals surface area contributed by atoms with Crippen LogP contribution in [-0.2, 0) is 9.53 Å². The lowest BCUT2D eigenvalue weighted by Crippen LogP contribution is -2.47. The highest BCUT2D eigenvalue weighted by molar-refractivity contribution is 5.98. The van der Waals surface area contributed by atoms with Crippen LogP contribution in [-0.4, -0.2) is 49.8 Å². The van der Waals surface area contributed by atoms with E-state index in [4.69, 9.17) is 9.47 Å². The van der Waals surface area contributed by atoms with Crippen molar-refractivity contribution in [3.8, 4) is 16.9 Å². The number of methoxy groups -OCH3 is 1. The van der Waals surface area contributed by atoms with Crippen LogP contribution in [0.1, 0.15) is 25.7 Å². The first kappa shape index (κ1) is 19.0. The minimum absolute atomic E-state index is 0.0491. The average molecular weight is 380 g/mol. The number of ether oxygens (including phenoxy) is 2. The van der Waals surface area contributed by atoms with Crippen molar-refractivity contribution in [3.05, 3.63) is 48.5 Å². The molecule has 1 atom stereocenters. The summed E-state index contributed by atoms with van der Waals surface area (Å²) in [5, 5.41) is 3.21. The predicted octanol–water partition coefficient (Wildman–Crippen LogP) is 3.94. The summed E-state index contributed by atoms with van der Waals surface area (Å²) in [6.07, 6.45) is 4.04. The van der Waals surface area contributed by atoms with Gasteiger partial charge in [-0.2, -0.15) is 0 Å². The smallest absolute Gasteiger partial charge is 0.241 e. The zero-order valence-electron chi connectivity index (χ0n) is 16.4. The molecule has 1 N–H and O–H groups in total. The van der Waals surface area contributed by atoms with E-state index in [0.717, 1.165) is 68.0 Å². The Balaban J connectivity index is 1.51. The van der Waals surface area contributed by atoms with Crippen LogP contribution < -0.4 is 10.1 Å². The second-order valence-corrected chi connectivity index (χ2v) is 7.50. The number of hydrogen-bond donors (Lipinski definition) is 1. The van der Waals surface area contributed by atoms with Gasteiger partial charge in [-0.1, -0.05) is 30.3 Å². The topological polar surface area (TPSA) is 50.8 Å². The number of hydrogen-bond acceptors (Lipinski definition) is 4. The molecule has 0 saturated carbocycles. The first-order chi connectivity index (χ1) is 13.8. The Morgan fingerprint density at radius 3 is 2.57 bits per heavy atom. The molecule has 1 unspecified atom stereocenters. The number of likely N-dealkylation sites (tertiary alicyclic amines) is 1. The summed E-state index contributed by atoms with van der Waals surface area (Å²) in [6, 6.07) is 16.3. The van der Waals surface area contributed by atoms with Gasteiger partial charge in [-0.15, -0.1) is 0 Å². The molecule has 0 spiro atoms. The number of nitrogens with zero attached hydrogens (tertiary/aromatic N) is 1. The number of benzene rings is 2. The van der Waals surface area contributed by atoms with Crippen molar-refractivity contribution in [2.24, 2.45) is 0 Å². The molecule has 148 valence electrons. The Hall–Kier alpha value is -2.37. The fraction of sp³-hybridized carbons (Fsp3) is 0.435. The maximum atomic E-state index is 13.1. The zero-order valence-corrected chi connectivity index (χ0v) is 16.4. The second kappa shape index (κ2) is 8.76. The summed E-state index contributed by atoms with van der Waals surface area (Å²) in [4.78, 5) is 15.5. The van der Waals surface area contributed by atoms with Crippen molar-refractivity contribution >= 4 is 11.6 Å². The van der Waals surface area contributed by atoms with Gasteiger partial charge in [0.1, 0.15) is 5.75 Å². The standard InChI is InChI=1S/C23H28N2O3/c1-27-19-10-8-17(9-11-19)20-5-2-3-6-21(20)24-23(26)22-7-4-14-25(22)18-12-15-28-16-13-18/h2-3,5-6,8-11,18,22H,4,7,12-16H2,1H3,(H,24,26). The Morgan fingerprint density at radius 2 is 1.82 bits per heavy atom. The normalized spacial score (nSPS) is 20.8. The van der Waals surface area contributed by atoms with Crippen LogP contribution in [0.3, 0.4) is 0 Å². The summed E-state index contributed by atoms with van der Waals surface area (Å²) < 4.78 is 10.7. The van der Waals surface area contributed by atoms with Gasteiger partial charge in [0.15, 0.2) is 0 Å². The monoisotopic (exact) mass is 380 g/mol. The van der Waals surface area contributed by atoms with Crippen LogP contribution in [0.25, 0.3) is 11.1 Å². The molecule has 2 aromatic rings. The zero-order chi connectivity index (χ0) is 19.3. The van der Waals surface area contributed by atoms with Gasteiger partial charge in [0.2, 0.25) is 5.91 Å². The Labute approximate surface area is 166 Å². The van der Waals surface area contributed by atoms with Crippen LogP contribution in [0.4, 0.5) is 5.69 Å². The quantitative estimate of drug-likeness (QED) is 0.854. The SMILES string of the molecule is COc1ccc(-c2ccccc2NC(=O)C2CCCN2C2CCOCC2)cc1. The van der Waals surface area contributed by atoms with Crippen LogP contribution >= 0.6 is 0 Å². The number of nitrogens with one attached hydrogen (secondary N) is 1. The van der Waals surface area contributed by atoms with Crippen LogP contribution in [0, 0.1) is 0 Å². The summed E-state index contributed by atoms with van der Waals surface area (Å²) in [7, 11) is 1.66. The van der Waals surface area contributed by atoms with Crippen molar-refractivity contribution in [3.63, 3.8) is 0 Å². The summed E-state index contributed by atoms with van der Waals surface area (Å²) >= 11 is 0. The van der Waals surface area contributed by atoms with Gasteiger partial charge < -0.3 is 14.8 Å². The molecular formula is C23H28N2O3. The van der Waals surface area contributed by atoms with Crippen molar-refractivity contribution in [1.29, 1.82) is 0 Å². The molecule has 2 saturated heterocycles. The lowest BCUT2D eigenvalue weighted by molar-refractivity contribution is -0.121. The predicted molar refractivity (Wildman–Crippen MR) is 111 cm³/mol. The van der Waals surface area contributed by atoms with E-state index in [1.807, 2.05) is 48.5 Å². The van der Waals surface area contributed by atoms with E-state index in [1.165, 1.54) is 0 Å². The molecule has 5 heteroatoms. The van der Waals surface area contributed by atoms with Crippen molar-refractivity contribution in [2.45, 2.75) is 37.8 Å². The third-order valence-electron chi connectivity index (χ3n) is 5.84. The molecule has 0 aliphatic carbocycles. The number of anilines is 1. The van der Waals surface area contributed by atoms with E-state index in [9.17, 15) is 4.79 Å². The molecule has 0 radical (unpaired) electrons. The highest BCUT2D eigenvalue weighted by atomic mass is 16.5.